The quantitative estimate of drug-likeness (QED) is 0.886. The maximum Gasteiger partial charge on any atom is 0.224 e. The lowest BCUT2D eigenvalue weighted by atomic mass is 9.91. The van der Waals surface area contributed by atoms with E-state index in [1.165, 1.54) is 12.1 Å². The number of rotatable bonds is 4. The highest BCUT2D eigenvalue weighted by Crippen LogP contribution is 2.58. The second-order valence-corrected chi connectivity index (χ2v) is 7.67. The largest absolute Gasteiger partial charge is 0.349 e. The van der Waals surface area contributed by atoms with Gasteiger partial charge in [0.15, 0.2) is 0 Å². The summed E-state index contributed by atoms with van der Waals surface area (Å²) in [5, 5.41) is 11.0. The highest BCUT2D eigenvalue weighted by Gasteiger charge is 2.57. The van der Waals surface area contributed by atoms with E-state index < -0.39 is 0 Å². The van der Waals surface area contributed by atoms with Crippen molar-refractivity contribution in [3.63, 3.8) is 0 Å². The van der Waals surface area contributed by atoms with E-state index in [4.69, 9.17) is 0 Å². The van der Waals surface area contributed by atoms with Crippen LogP contribution < -0.4 is 10.6 Å². The zero-order chi connectivity index (χ0) is 18.3. The Kier molecular flexibility index (Phi) is 4.31. The van der Waals surface area contributed by atoms with Crippen LogP contribution in [0.5, 0.6) is 0 Å². The molecule has 138 valence electrons. The number of nitrogens with one attached hydrogen (secondary N) is 2. The molecule has 1 saturated carbocycles. The summed E-state index contributed by atoms with van der Waals surface area (Å²) in [6.45, 7) is 6.00. The van der Waals surface area contributed by atoms with Gasteiger partial charge in [-0.2, -0.15) is 5.10 Å². The molecular formula is C20H25FN4O. The van der Waals surface area contributed by atoms with Gasteiger partial charge in [0.1, 0.15) is 5.82 Å². The lowest BCUT2D eigenvalue weighted by Gasteiger charge is -2.23. The Hall–Kier alpha value is -2.21. The van der Waals surface area contributed by atoms with Gasteiger partial charge in [0.25, 0.3) is 0 Å². The zero-order valence-electron chi connectivity index (χ0n) is 15.3. The lowest BCUT2D eigenvalue weighted by molar-refractivity contribution is -0.123. The Morgan fingerprint density at radius 3 is 2.73 bits per heavy atom. The van der Waals surface area contributed by atoms with Crippen LogP contribution in [-0.2, 0) is 4.79 Å². The van der Waals surface area contributed by atoms with Crippen molar-refractivity contribution in [3.05, 3.63) is 47.5 Å². The van der Waals surface area contributed by atoms with Crippen LogP contribution in [0.1, 0.15) is 43.5 Å². The predicted octanol–water partition coefficient (Wildman–Crippen LogP) is 2.89. The average molecular weight is 356 g/mol. The zero-order valence-corrected chi connectivity index (χ0v) is 15.3. The fraction of sp³-hybridized carbons (Fsp3) is 0.500. The van der Waals surface area contributed by atoms with Crippen LogP contribution in [0.3, 0.4) is 0 Å². The summed E-state index contributed by atoms with van der Waals surface area (Å²) < 4.78 is 14.9. The highest BCUT2D eigenvalue weighted by molar-refractivity contribution is 5.83. The molecule has 0 radical (unpaired) electrons. The third kappa shape index (κ3) is 3.03. The van der Waals surface area contributed by atoms with Gasteiger partial charge < -0.3 is 10.6 Å². The fourth-order valence-electron chi connectivity index (χ4n) is 4.28. The van der Waals surface area contributed by atoms with E-state index in [9.17, 15) is 9.18 Å². The Balaban J connectivity index is 1.45. The van der Waals surface area contributed by atoms with Gasteiger partial charge in [0.2, 0.25) is 5.91 Å². The molecule has 1 aliphatic heterocycles. The number of nitrogens with zero attached hydrogens (tertiary/aromatic N) is 2. The van der Waals surface area contributed by atoms with Crippen LogP contribution in [0.25, 0.3) is 5.69 Å². The van der Waals surface area contributed by atoms with E-state index in [2.05, 4.69) is 15.7 Å². The number of benzene rings is 1. The van der Waals surface area contributed by atoms with Crippen LogP contribution in [0.4, 0.5) is 4.39 Å². The molecule has 2 aromatic rings. The molecule has 2 aliphatic rings. The number of hydrogen-bond acceptors (Lipinski definition) is 3. The molecule has 2 N–H and O–H groups in total. The van der Waals surface area contributed by atoms with Gasteiger partial charge in [-0.3, -0.25) is 4.79 Å². The SMILES string of the molecule is Cc1c(C(C)NC(=O)C2CC23CCNCC3)cnn1-c1ccc(F)cc1. The summed E-state index contributed by atoms with van der Waals surface area (Å²) in [6.07, 6.45) is 5.00. The molecular weight excluding hydrogens is 331 g/mol. The number of hydrogen-bond donors (Lipinski definition) is 2. The average Bonchev–Trinajstić information content (AvgIpc) is 3.18. The molecule has 1 aliphatic carbocycles. The van der Waals surface area contributed by atoms with E-state index in [-0.39, 0.29) is 29.1 Å². The third-order valence-corrected chi connectivity index (χ3v) is 6.05. The van der Waals surface area contributed by atoms with E-state index >= 15 is 0 Å². The predicted molar refractivity (Wildman–Crippen MR) is 97.5 cm³/mol. The highest BCUT2D eigenvalue weighted by atomic mass is 19.1. The van der Waals surface area contributed by atoms with Crippen molar-refractivity contribution < 1.29 is 9.18 Å². The second kappa shape index (κ2) is 6.50. The minimum atomic E-state index is -0.268. The van der Waals surface area contributed by atoms with E-state index in [1.54, 1.807) is 23.0 Å². The van der Waals surface area contributed by atoms with Crippen LogP contribution >= 0.6 is 0 Å². The summed E-state index contributed by atoms with van der Waals surface area (Å²) in [6, 6.07) is 6.15. The minimum absolute atomic E-state index is 0.101. The van der Waals surface area contributed by atoms with Crippen molar-refractivity contribution in [1.82, 2.24) is 20.4 Å². The van der Waals surface area contributed by atoms with Crippen molar-refractivity contribution in [2.24, 2.45) is 11.3 Å². The smallest absolute Gasteiger partial charge is 0.224 e. The second-order valence-electron chi connectivity index (χ2n) is 7.67. The standard InChI is InChI=1S/C20H25FN4O/c1-13(24-19(26)18-11-20(18)7-9-22-10-8-20)17-12-23-25(14(17)2)16-5-3-15(21)4-6-16/h3-6,12-13,18,22H,7-11H2,1-2H3,(H,24,26). The molecule has 6 heteroatoms. The van der Waals surface area contributed by atoms with Crippen molar-refractivity contribution in [3.8, 4) is 5.69 Å². The van der Waals surface area contributed by atoms with Crippen molar-refractivity contribution in [1.29, 1.82) is 0 Å². The number of piperidine rings is 1. The van der Waals surface area contributed by atoms with Gasteiger partial charge in [-0.05, 0) is 75.9 Å². The molecule has 1 spiro atoms. The summed E-state index contributed by atoms with van der Waals surface area (Å²) in [4.78, 5) is 12.7. The molecule has 1 saturated heterocycles. The Labute approximate surface area is 153 Å². The first-order valence-corrected chi connectivity index (χ1v) is 9.32. The van der Waals surface area contributed by atoms with Crippen LogP contribution in [0.15, 0.2) is 30.5 Å². The molecule has 1 amide bonds. The summed E-state index contributed by atoms with van der Waals surface area (Å²) in [5.41, 5.74) is 2.99. The summed E-state index contributed by atoms with van der Waals surface area (Å²) in [7, 11) is 0. The Bertz CT molecular complexity index is 808. The molecule has 2 atom stereocenters. The molecule has 1 aromatic heterocycles. The van der Waals surface area contributed by atoms with Gasteiger partial charge in [-0.25, -0.2) is 9.07 Å². The minimum Gasteiger partial charge on any atom is -0.349 e. The first kappa shape index (κ1) is 17.2. The first-order chi connectivity index (χ1) is 12.5. The molecule has 0 bridgehead atoms. The van der Waals surface area contributed by atoms with Crippen molar-refractivity contribution in [2.75, 3.05) is 13.1 Å². The van der Waals surface area contributed by atoms with Crippen LogP contribution in [-0.4, -0.2) is 28.8 Å². The van der Waals surface area contributed by atoms with Gasteiger partial charge in [0.05, 0.1) is 17.9 Å². The number of carbonyl (C=O) groups excluding carboxylic acids is 1. The van der Waals surface area contributed by atoms with E-state index in [1.807, 2.05) is 13.8 Å². The van der Waals surface area contributed by atoms with Crippen LogP contribution in [0.2, 0.25) is 0 Å². The molecule has 5 nitrogen and oxygen atoms in total. The molecule has 2 unspecified atom stereocenters. The maximum absolute atomic E-state index is 13.1. The summed E-state index contributed by atoms with van der Waals surface area (Å²) in [5.74, 6) is 0.0449. The lowest BCUT2D eigenvalue weighted by Crippen LogP contribution is -2.34. The van der Waals surface area contributed by atoms with Crippen molar-refractivity contribution >= 4 is 5.91 Å². The molecule has 26 heavy (non-hydrogen) atoms. The number of amides is 1. The number of aromatic nitrogens is 2. The van der Waals surface area contributed by atoms with Gasteiger partial charge in [0, 0.05) is 17.2 Å². The molecule has 2 fully saturated rings. The van der Waals surface area contributed by atoms with Gasteiger partial charge in [-0.1, -0.05) is 0 Å². The first-order valence-electron chi connectivity index (χ1n) is 9.32. The third-order valence-electron chi connectivity index (χ3n) is 6.05. The van der Waals surface area contributed by atoms with Crippen molar-refractivity contribution in [2.45, 2.75) is 39.2 Å². The van der Waals surface area contributed by atoms with Gasteiger partial charge in [-0.15, -0.1) is 0 Å². The number of carbonyl (C=O) groups is 1. The maximum atomic E-state index is 13.1. The summed E-state index contributed by atoms with van der Waals surface area (Å²) >= 11 is 0. The topological polar surface area (TPSA) is 59.0 Å². The molecule has 1 aromatic carbocycles. The van der Waals surface area contributed by atoms with Gasteiger partial charge >= 0.3 is 0 Å². The van der Waals surface area contributed by atoms with E-state index in [0.717, 1.165) is 49.3 Å². The van der Waals surface area contributed by atoms with E-state index in [0.29, 0.717) is 0 Å². The Morgan fingerprint density at radius 2 is 2.04 bits per heavy atom. The van der Waals surface area contributed by atoms with Crippen LogP contribution in [0, 0.1) is 24.1 Å². The Morgan fingerprint density at radius 1 is 1.35 bits per heavy atom. The fourth-order valence-corrected chi connectivity index (χ4v) is 4.28. The number of halogens is 1. The normalized spacial score (nSPS) is 22.2. The molecule has 2 heterocycles. The monoisotopic (exact) mass is 356 g/mol. The molecule has 4 rings (SSSR count).